The van der Waals surface area contributed by atoms with Crippen molar-refractivity contribution >= 4 is 0 Å². The Morgan fingerprint density at radius 1 is 1.18 bits per heavy atom. The summed E-state index contributed by atoms with van der Waals surface area (Å²) in [6, 6.07) is 0.454. The van der Waals surface area contributed by atoms with Crippen molar-refractivity contribution in [2.75, 3.05) is 45.9 Å². The molecule has 7 nitrogen and oxygen atoms in total. The highest BCUT2D eigenvalue weighted by Gasteiger charge is 2.26. The van der Waals surface area contributed by atoms with Crippen LogP contribution in [-0.2, 0) is 11.3 Å². The van der Waals surface area contributed by atoms with Crippen molar-refractivity contribution in [3.05, 3.63) is 12.7 Å². The number of rotatable bonds is 6. The zero-order chi connectivity index (χ0) is 15.2. The molecule has 7 heteroatoms. The fourth-order valence-corrected chi connectivity index (χ4v) is 3.46. The van der Waals surface area contributed by atoms with Crippen LogP contribution in [0.25, 0.3) is 0 Å². The van der Waals surface area contributed by atoms with Gasteiger partial charge in [-0.3, -0.25) is 14.5 Å². The van der Waals surface area contributed by atoms with Gasteiger partial charge in [-0.15, -0.1) is 0 Å². The second kappa shape index (κ2) is 8.01. The number of hydrogen-bond donors (Lipinski definition) is 1. The molecule has 2 saturated heterocycles. The normalized spacial score (nSPS) is 26.1. The molecule has 2 fully saturated rings. The van der Waals surface area contributed by atoms with Crippen molar-refractivity contribution in [1.82, 2.24) is 24.6 Å². The Bertz CT molecular complexity index is 422. The number of morpholine rings is 1. The molecule has 1 aromatic heterocycles. The zero-order valence-electron chi connectivity index (χ0n) is 13.2. The van der Waals surface area contributed by atoms with Gasteiger partial charge in [0, 0.05) is 32.2 Å². The van der Waals surface area contributed by atoms with Crippen molar-refractivity contribution in [3.8, 4) is 0 Å². The van der Waals surface area contributed by atoms with E-state index in [-0.39, 0.29) is 6.10 Å². The fourth-order valence-electron chi connectivity index (χ4n) is 3.46. The molecule has 0 unspecified atom stereocenters. The third-order valence-electron chi connectivity index (χ3n) is 4.63. The van der Waals surface area contributed by atoms with Gasteiger partial charge in [0.15, 0.2) is 0 Å². The van der Waals surface area contributed by atoms with Gasteiger partial charge in [0.1, 0.15) is 12.7 Å². The van der Waals surface area contributed by atoms with Crippen LogP contribution in [0, 0.1) is 0 Å². The summed E-state index contributed by atoms with van der Waals surface area (Å²) in [6.45, 7) is 6.85. The van der Waals surface area contributed by atoms with E-state index >= 15 is 0 Å². The van der Waals surface area contributed by atoms with Crippen LogP contribution in [0.4, 0.5) is 0 Å². The van der Waals surface area contributed by atoms with Crippen molar-refractivity contribution < 1.29 is 9.84 Å². The van der Waals surface area contributed by atoms with Crippen LogP contribution in [-0.4, -0.2) is 87.8 Å². The fraction of sp³-hybridized carbons (Fsp3) is 0.867. The number of aliphatic hydroxyl groups is 1. The Kier molecular flexibility index (Phi) is 5.77. The van der Waals surface area contributed by atoms with Crippen LogP contribution in [0.1, 0.15) is 19.3 Å². The molecule has 2 aliphatic heterocycles. The number of aromatic nitrogens is 3. The van der Waals surface area contributed by atoms with Gasteiger partial charge in [0.25, 0.3) is 0 Å². The van der Waals surface area contributed by atoms with Crippen LogP contribution in [0.2, 0.25) is 0 Å². The lowest BCUT2D eigenvalue weighted by atomic mass is 10.0. The molecule has 2 aliphatic rings. The second-order valence-electron chi connectivity index (χ2n) is 6.33. The number of β-amino-alcohol motifs (C(OH)–C–C–N with tert-alkyl or cyclic N) is 1. The van der Waals surface area contributed by atoms with E-state index in [2.05, 4.69) is 19.9 Å². The summed E-state index contributed by atoms with van der Waals surface area (Å²) >= 11 is 0. The smallest absolute Gasteiger partial charge is 0.137 e. The first-order valence-corrected chi connectivity index (χ1v) is 8.36. The Morgan fingerprint density at radius 2 is 2.05 bits per heavy atom. The average Bonchev–Trinajstić information content (AvgIpc) is 3.03. The first-order chi connectivity index (χ1) is 10.8. The molecular formula is C15H27N5O2. The van der Waals surface area contributed by atoms with E-state index < -0.39 is 0 Å². The van der Waals surface area contributed by atoms with Crippen molar-refractivity contribution in [1.29, 1.82) is 0 Å². The molecule has 0 spiro atoms. The van der Waals surface area contributed by atoms with Gasteiger partial charge in [-0.05, 0) is 19.4 Å². The number of hydrogen-bond acceptors (Lipinski definition) is 6. The maximum atomic E-state index is 10.4. The van der Waals surface area contributed by atoms with E-state index in [0.717, 1.165) is 52.5 Å². The second-order valence-corrected chi connectivity index (χ2v) is 6.33. The minimum absolute atomic E-state index is 0.297. The average molecular weight is 309 g/mol. The van der Waals surface area contributed by atoms with Crippen LogP contribution in [0.3, 0.4) is 0 Å². The Morgan fingerprint density at radius 3 is 2.82 bits per heavy atom. The standard InChI is InChI=1S/C15H27N5O2/c21-15(10-18-5-7-22-8-6-18)11-19-4-2-1-3-14(19)9-20-13-16-12-17-20/h12-15,21H,1-11H2/t14-,15-/m1/s1. The van der Waals surface area contributed by atoms with E-state index in [1.54, 1.807) is 12.7 Å². The van der Waals surface area contributed by atoms with Crippen LogP contribution < -0.4 is 0 Å². The summed E-state index contributed by atoms with van der Waals surface area (Å²) in [7, 11) is 0. The topological polar surface area (TPSA) is 66.7 Å². The highest BCUT2D eigenvalue weighted by molar-refractivity contribution is 4.80. The van der Waals surface area contributed by atoms with Crippen LogP contribution >= 0.6 is 0 Å². The summed E-state index contributed by atoms with van der Waals surface area (Å²) in [5, 5.41) is 14.7. The Hall–Kier alpha value is -1.02. The van der Waals surface area contributed by atoms with Crippen molar-refractivity contribution in [3.63, 3.8) is 0 Å². The van der Waals surface area contributed by atoms with Gasteiger partial charge in [0.05, 0.1) is 25.9 Å². The molecule has 0 saturated carbocycles. The predicted molar refractivity (Wildman–Crippen MR) is 82.5 cm³/mol. The highest BCUT2D eigenvalue weighted by Crippen LogP contribution is 2.18. The zero-order valence-corrected chi connectivity index (χ0v) is 13.2. The van der Waals surface area contributed by atoms with E-state index in [0.29, 0.717) is 6.04 Å². The molecule has 3 rings (SSSR count). The predicted octanol–water partition coefficient (Wildman–Crippen LogP) is -0.174. The first kappa shape index (κ1) is 15.9. The minimum Gasteiger partial charge on any atom is -0.390 e. The summed E-state index contributed by atoms with van der Waals surface area (Å²) in [5.74, 6) is 0. The molecular weight excluding hydrogens is 282 g/mol. The molecule has 0 amide bonds. The molecule has 1 aromatic rings. The maximum absolute atomic E-state index is 10.4. The maximum Gasteiger partial charge on any atom is 0.137 e. The summed E-state index contributed by atoms with van der Waals surface area (Å²) < 4.78 is 7.26. The largest absolute Gasteiger partial charge is 0.390 e. The molecule has 124 valence electrons. The summed E-state index contributed by atoms with van der Waals surface area (Å²) in [6.07, 6.45) is 6.71. The van der Waals surface area contributed by atoms with Gasteiger partial charge >= 0.3 is 0 Å². The van der Waals surface area contributed by atoms with Crippen molar-refractivity contribution in [2.24, 2.45) is 0 Å². The summed E-state index contributed by atoms with van der Waals surface area (Å²) in [4.78, 5) is 8.74. The Balaban J connectivity index is 1.49. The van der Waals surface area contributed by atoms with Crippen LogP contribution in [0.5, 0.6) is 0 Å². The van der Waals surface area contributed by atoms with Gasteiger partial charge in [0.2, 0.25) is 0 Å². The monoisotopic (exact) mass is 309 g/mol. The lowest BCUT2D eigenvalue weighted by Crippen LogP contribution is -2.49. The minimum atomic E-state index is -0.297. The molecule has 0 aliphatic carbocycles. The molecule has 1 N–H and O–H groups in total. The lowest BCUT2D eigenvalue weighted by molar-refractivity contribution is -0.00184. The molecule has 2 atom stereocenters. The lowest BCUT2D eigenvalue weighted by Gasteiger charge is -2.38. The molecule has 0 bridgehead atoms. The van der Waals surface area contributed by atoms with Gasteiger partial charge < -0.3 is 9.84 Å². The SMILES string of the molecule is O[C@H](CN1CCOCC1)CN1CCCC[C@@H]1Cn1cncn1. The molecule has 0 aromatic carbocycles. The number of likely N-dealkylation sites (tertiary alicyclic amines) is 1. The highest BCUT2D eigenvalue weighted by atomic mass is 16.5. The van der Waals surface area contributed by atoms with Gasteiger partial charge in [-0.25, -0.2) is 4.98 Å². The quantitative estimate of drug-likeness (QED) is 0.787. The van der Waals surface area contributed by atoms with E-state index in [1.807, 2.05) is 4.68 Å². The first-order valence-electron chi connectivity index (χ1n) is 8.36. The van der Waals surface area contributed by atoms with Crippen LogP contribution in [0.15, 0.2) is 12.7 Å². The van der Waals surface area contributed by atoms with E-state index in [4.69, 9.17) is 4.74 Å². The molecule has 22 heavy (non-hydrogen) atoms. The third kappa shape index (κ3) is 4.49. The number of nitrogens with zero attached hydrogens (tertiary/aromatic N) is 5. The van der Waals surface area contributed by atoms with Gasteiger partial charge in [-0.1, -0.05) is 6.42 Å². The molecule has 3 heterocycles. The number of aliphatic hydroxyl groups excluding tert-OH is 1. The third-order valence-corrected chi connectivity index (χ3v) is 4.63. The van der Waals surface area contributed by atoms with Gasteiger partial charge in [-0.2, -0.15) is 5.10 Å². The van der Waals surface area contributed by atoms with E-state index in [9.17, 15) is 5.11 Å². The number of ether oxygens (including phenoxy) is 1. The van der Waals surface area contributed by atoms with E-state index in [1.165, 1.54) is 19.3 Å². The Labute approximate surface area is 131 Å². The summed E-state index contributed by atoms with van der Waals surface area (Å²) in [5.41, 5.74) is 0. The molecule has 0 radical (unpaired) electrons. The van der Waals surface area contributed by atoms with Crippen molar-refractivity contribution in [2.45, 2.75) is 38.0 Å². The number of piperidine rings is 1.